The van der Waals surface area contributed by atoms with E-state index in [1.165, 1.54) is 5.56 Å². The van der Waals surface area contributed by atoms with Crippen molar-refractivity contribution >= 4 is 27.3 Å². The predicted molar refractivity (Wildman–Crippen MR) is 84.4 cm³/mol. The molecule has 1 unspecified atom stereocenters. The molecule has 0 aliphatic heterocycles. The van der Waals surface area contributed by atoms with E-state index < -0.39 is 0 Å². The highest BCUT2D eigenvalue weighted by Crippen LogP contribution is 2.28. The molecule has 0 fully saturated rings. The fourth-order valence-corrected chi connectivity index (χ4v) is 3.37. The van der Waals surface area contributed by atoms with E-state index in [1.807, 2.05) is 5.38 Å². The molecule has 0 aliphatic rings. The van der Waals surface area contributed by atoms with Gasteiger partial charge in [0.1, 0.15) is 0 Å². The van der Waals surface area contributed by atoms with Gasteiger partial charge in [-0.2, -0.15) is 0 Å². The minimum absolute atomic E-state index is 0.461. The van der Waals surface area contributed by atoms with Gasteiger partial charge in [0.15, 0.2) is 5.82 Å². The lowest BCUT2D eigenvalue weighted by Crippen LogP contribution is -2.15. The molecule has 5 heteroatoms. The molecule has 0 aliphatic carbocycles. The Morgan fingerprint density at radius 2 is 1.95 bits per heavy atom. The van der Waals surface area contributed by atoms with Crippen LogP contribution in [0, 0.1) is 19.8 Å². The summed E-state index contributed by atoms with van der Waals surface area (Å²) >= 11 is 5.12. The zero-order chi connectivity index (χ0) is 14.0. The number of rotatable bonds is 4. The molecule has 0 spiro atoms. The van der Waals surface area contributed by atoms with Crippen LogP contribution in [-0.2, 0) is 6.42 Å². The van der Waals surface area contributed by atoms with Crippen LogP contribution in [0.2, 0.25) is 0 Å². The second kappa shape index (κ2) is 6.11. The van der Waals surface area contributed by atoms with E-state index in [0.717, 1.165) is 33.0 Å². The van der Waals surface area contributed by atoms with Crippen molar-refractivity contribution in [2.45, 2.75) is 27.2 Å². The van der Waals surface area contributed by atoms with Crippen molar-refractivity contribution in [1.82, 2.24) is 9.97 Å². The number of thiophene rings is 1. The number of nitrogens with two attached hydrogens (primary N) is 1. The summed E-state index contributed by atoms with van der Waals surface area (Å²) in [6.45, 7) is 6.96. The molecule has 1 atom stereocenters. The molecule has 2 rings (SSSR count). The Labute approximate surface area is 126 Å². The Bertz CT molecular complexity index is 557. The minimum Gasteiger partial charge on any atom is -0.330 e. The van der Waals surface area contributed by atoms with Gasteiger partial charge in [0, 0.05) is 21.2 Å². The summed E-state index contributed by atoms with van der Waals surface area (Å²) in [5.74, 6) is 1.28. The Balaban J connectivity index is 2.36. The van der Waals surface area contributed by atoms with Crippen molar-refractivity contribution in [3.8, 4) is 10.7 Å². The lowest BCUT2D eigenvalue weighted by atomic mass is 9.99. The standard InChI is InChI=1S/C14H18BrN3S/c1-8(6-16)4-12-9(2)17-14(18-10(12)3)13-5-11(15)7-19-13/h5,7-8H,4,6,16H2,1-3H3. The van der Waals surface area contributed by atoms with Gasteiger partial charge in [0.05, 0.1) is 4.88 Å². The highest BCUT2D eigenvalue weighted by Gasteiger charge is 2.13. The van der Waals surface area contributed by atoms with E-state index in [-0.39, 0.29) is 0 Å². The van der Waals surface area contributed by atoms with Crippen LogP contribution in [0.25, 0.3) is 10.7 Å². The molecule has 2 aromatic heterocycles. The molecule has 2 N–H and O–H groups in total. The van der Waals surface area contributed by atoms with Crippen molar-refractivity contribution in [2.75, 3.05) is 6.54 Å². The topological polar surface area (TPSA) is 51.8 Å². The molecule has 102 valence electrons. The van der Waals surface area contributed by atoms with Gasteiger partial charge in [-0.1, -0.05) is 6.92 Å². The van der Waals surface area contributed by atoms with Crippen molar-refractivity contribution in [1.29, 1.82) is 0 Å². The van der Waals surface area contributed by atoms with E-state index >= 15 is 0 Å². The first-order valence-corrected chi connectivity index (χ1v) is 7.97. The Morgan fingerprint density at radius 3 is 2.42 bits per heavy atom. The summed E-state index contributed by atoms with van der Waals surface area (Å²) in [4.78, 5) is 10.4. The average molecular weight is 340 g/mol. The van der Waals surface area contributed by atoms with Crippen LogP contribution in [0.1, 0.15) is 23.9 Å². The second-order valence-electron chi connectivity index (χ2n) is 4.87. The van der Waals surface area contributed by atoms with Gasteiger partial charge in [-0.05, 0) is 60.3 Å². The number of halogens is 1. The molecule has 0 saturated heterocycles. The first-order valence-electron chi connectivity index (χ1n) is 6.29. The summed E-state index contributed by atoms with van der Waals surface area (Å²) in [6.07, 6.45) is 0.947. The Hall–Kier alpha value is -0.780. The van der Waals surface area contributed by atoms with Crippen LogP contribution in [0.4, 0.5) is 0 Å². The Morgan fingerprint density at radius 1 is 1.32 bits per heavy atom. The monoisotopic (exact) mass is 339 g/mol. The maximum absolute atomic E-state index is 5.70. The third-order valence-electron chi connectivity index (χ3n) is 3.16. The van der Waals surface area contributed by atoms with Crippen LogP contribution >= 0.6 is 27.3 Å². The van der Waals surface area contributed by atoms with Crippen LogP contribution in [0.15, 0.2) is 15.9 Å². The van der Waals surface area contributed by atoms with Gasteiger partial charge < -0.3 is 5.73 Å². The quantitative estimate of drug-likeness (QED) is 0.923. The molecule has 2 aromatic rings. The molecule has 0 aromatic carbocycles. The Kier molecular flexibility index (Phi) is 4.71. The summed E-state index contributed by atoms with van der Waals surface area (Å²) in [6, 6.07) is 2.06. The molecule has 2 heterocycles. The fraction of sp³-hybridized carbons (Fsp3) is 0.429. The van der Waals surface area contributed by atoms with Gasteiger partial charge in [0.25, 0.3) is 0 Å². The molecule has 0 radical (unpaired) electrons. The maximum Gasteiger partial charge on any atom is 0.169 e. The number of hydrogen-bond donors (Lipinski definition) is 1. The molecular formula is C14H18BrN3S. The fourth-order valence-electron chi connectivity index (χ4n) is 2.01. The van der Waals surface area contributed by atoms with Crippen molar-refractivity contribution in [3.05, 3.63) is 32.9 Å². The normalized spacial score (nSPS) is 12.7. The molecule has 0 bridgehead atoms. The van der Waals surface area contributed by atoms with Crippen LogP contribution in [-0.4, -0.2) is 16.5 Å². The van der Waals surface area contributed by atoms with Crippen molar-refractivity contribution in [3.63, 3.8) is 0 Å². The maximum atomic E-state index is 5.70. The van der Waals surface area contributed by atoms with Crippen LogP contribution < -0.4 is 5.73 Å². The zero-order valence-electron chi connectivity index (χ0n) is 11.4. The molecule has 0 saturated carbocycles. The van der Waals surface area contributed by atoms with Crippen molar-refractivity contribution in [2.24, 2.45) is 11.7 Å². The third-order valence-corrected chi connectivity index (χ3v) is 4.85. The lowest BCUT2D eigenvalue weighted by molar-refractivity contribution is 0.586. The number of aromatic nitrogens is 2. The summed E-state index contributed by atoms with van der Waals surface area (Å²) in [5.41, 5.74) is 9.06. The first kappa shape index (κ1) is 14.6. The van der Waals surface area contributed by atoms with E-state index in [2.05, 4.69) is 52.7 Å². The van der Waals surface area contributed by atoms with E-state index in [0.29, 0.717) is 12.5 Å². The summed E-state index contributed by atoms with van der Waals surface area (Å²) in [7, 11) is 0. The molecule has 0 amide bonds. The van der Waals surface area contributed by atoms with Crippen LogP contribution in [0.5, 0.6) is 0 Å². The molecule has 3 nitrogen and oxygen atoms in total. The highest BCUT2D eigenvalue weighted by molar-refractivity contribution is 9.10. The van der Waals surface area contributed by atoms with Crippen LogP contribution in [0.3, 0.4) is 0 Å². The first-order chi connectivity index (χ1) is 9.01. The van der Waals surface area contributed by atoms with E-state index in [1.54, 1.807) is 11.3 Å². The lowest BCUT2D eigenvalue weighted by Gasteiger charge is -2.13. The van der Waals surface area contributed by atoms with Gasteiger partial charge in [0.2, 0.25) is 0 Å². The van der Waals surface area contributed by atoms with Gasteiger partial charge in [-0.25, -0.2) is 9.97 Å². The largest absolute Gasteiger partial charge is 0.330 e. The zero-order valence-corrected chi connectivity index (χ0v) is 13.8. The second-order valence-corrected chi connectivity index (χ2v) is 6.70. The number of aryl methyl sites for hydroxylation is 2. The van der Waals surface area contributed by atoms with Gasteiger partial charge in [-0.3, -0.25) is 0 Å². The smallest absolute Gasteiger partial charge is 0.169 e. The predicted octanol–water partition coefficient (Wildman–Crippen LogP) is 3.72. The third kappa shape index (κ3) is 3.41. The minimum atomic E-state index is 0.461. The number of hydrogen-bond acceptors (Lipinski definition) is 4. The van der Waals surface area contributed by atoms with Gasteiger partial charge in [-0.15, -0.1) is 11.3 Å². The van der Waals surface area contributed by atoms with E-state index in [9.17, 15) is 0 Å². The van der Waals surface area contributed by atoms with E-state index in [4.69, 9.17) is 5.73 Å². The number of nitrogens with zero attached hydrogens (tertiary/aromatic N) is 2. The van der Waals surface area contributed by atoms with Crippen molar-refractivity contribution < 1.29 is 0 Å². The highest BCUT2D eigenvalue weighted by atomic mass is 79.9. The summed E-state index contributed by atoms with van der Waals surface area (Å²) in [5, 5.41) is 2.05. The summed E-state index contributed by atoms with van der Waals surface area (Å²) < 4.78 is 1.08. The molecular weight excluding hydrogens is 322 g/mol. The SMILES string of the molecule is Cc1nc(-c2cc(Br)cs2)nc(C)c1CC(C)CN. The van der Waals surface area contributed by atoms with Gasteiger partial charge >= 0.3 is 0 Å². The molecule has 19 heavy (non-hydrogen) atoms. The average Bonchev–Trinajstić information content (AvgIpc) is 2.80.